The van der Waals surface area contributed by atoms with Gasteiger partial charge in [0, 0.05) is 11.2 Å². The van der Waals surface area contributed by atoms with Gasteiger partial charge < -0.3 is 4.74 Å². The normalized spacial score (nSPS) is 11.9. The third-order valence-corrected chi connectivity index (χ3v) is 7.19. The van der Waals surface area contributed by atoms with Crippen LogP contribution in [0.4, 0.5) is 0 Å². The van der Waals surface area contributed by atoms with E-state index in [2.05, 4.69) is 4.98 Å². The third kappa shape index (κ3) is 4.44. The van der Waals surface area contributed by atoms with Gasteiger partial charge in [-0.3, -0.25) is 9.20 Å². The molecule has 9 heteroatoms. The number of hydrogen-bond donors (Lipinski definition) is 0. The lowest BCUT2D eigenvalue weighted by atomic mass is 10.2. The molecule has 34 heavy (non-hydrogen) atoms. The lowest BCUT2D eigenvalue weighted by Crippen LogP contribution is -2.19. The number of hydrogen-bond acceptors (Lipinski definition) is 6. The van der Waals surface area contributed by atoms with Crippen LogP contribution in [-0.2, 0) is 9.84 Å². The van der Waals surface area contributed by atoms with Gasteiger partial charge in [0.1, 0.15) is 27.9 Å². The van der Waals surface area contributed by atoms with E-state index in [1.54, 1.807) is 61.5 Å². The lowest BCUT2D eigenvalue weighted by Gasteiger charge is -2.11. The van der Waals surface area contributed by atoms with E-state index >= 15 is 0 Å². The van der Waals surface area contributed by atoms with Gasteiger partial charge in [0.25, 0.3) is 5.56 Å². The molecular weight excluding hydrogens is 474 g/mol. The average Bonchev–Trinajstić information content (AvgIpc) is 2.81. The highest BCUT2D eigenvalue weighted by atomic mass is 35.5. The van der Waals surface area contributed by atoms with E-state index in [9.17, 15) is 18.5 Å². The molecule has 0 atom stereocenters. The van der Waals surface area contributed by atoms with Crippen LogP contribution < -0.4 is 10.3 Å². The zero-order valence-electron chi connectivity index (χ0n) is 18.2. The largest absolute Gasteiger partial charge is 0.438 e. The number of pyridine rings is 1. The van der Waals surface area contributed by atoms with Crippen LogP contribution in [0, 0.1) is 25.2 Å². The Balaban J connectivity index is 1.93. The smallest absolute Gasteiger partial charge is 0.269 e. The number of ether oxygens (including phenoxy) is 1. The number of benzene rings is 2. The summed E-state index contributed by atoms with van der Waals surface area (Å²) in [5.74, 6) is 0.216. The van der Waals surface area contributed by atoms with Gasteiger partial charge in [-0.2, -0.15) is 10.2 Å². The minimum absolute atomic E-state index is 0.0597. The minimum Gasteiger partial charge on any atom is -0.438 e. The molecule has 0 bridgehead atoms. The van der Waals surface area contributed by atoms with Crippen LogP contribution in [0.25, 0.3) is 11.7 Å². The molecule has 0 aliphatic rings. The summed E-state index contributed by atoms with van der Waals surface area (Å²) in [5, 5.41) is 10.2. The summed E-state index contributed by atoms with van der Waals surface area (Å²) in [7, 11) is -4.19. The van der Waals surface area contributed by atoms with E-state index in [1.165, 1.54) is 22.7 Å². The van der Waals surface area contributed by atoms with Crippen molar-refractivity contribution >= 4 is 33.2 Å². The van der Waals surface area contributed by atoms with Crippen molar-refractivity contribution in [3.63, 3.8) is 0 Å². The first-order chi connectivity index (χ1) is 16.2. The average molecular weight is 492 g/mol. The van der Waals surface area contributed by atoms with Gasteiger partial charge in [-0.25, -0.2) is 8.42 Å². The fraction of sp³-hybridized carbons (Fsp3) is 0.0800. The monoisotopic (exact) mass is 491 g/mol. The predicted molar refractivity (Wildman–Crippen MR) is 130 cm³/mol. The van der Waals surface area contributed by atoms with Crippen LogP contribution in [0.3, 0.4) is 0 Å². The van der Waals surface area contributed by atoms with Crippen molar-refractivity contribution in [2.24, 2.45) is 0 Å². The highest BCUT2D eigenvalue weighted by molar-refractivity contribution is 7.95. The Kier molecular flexibility index (Phi) is 6.24. The molecule has 0 aliphatic heterocycles. The van der Waals surface area contributed by atoms with Gasteiger partial charge in [-0.05, 0) is 68.0 Å². The van der Waals surface area contributed by atoms with Crippen molar-refractivity contribution in [2.75, 3.05) is 0 Å². The van der Waals surface area contributed by atoms with E-state index in [1.807, 2.05) is 6.92 Å². The van der Waals surface area contributed by atoms with Gasteiger partial charge in [-0.1, -0.05) is 35.4 Å². The number of halogens is 1. The Morgan fingerprint density at radius 2 is 1.85 bits per heavy atom. The summed E-state index contributed by atoms with van der Waals surface area (Å²) in [6, 6.07) is 17.7. The van der Waals surface area contributed by atoms with Crippen LogP contribution >= 0.6 is 11.6 Å². The molecule has 7 nitrogen and oxygen atoms in total. The Hall–Kier alpha value is -3.93. The second-order valence-electron chi connectivity index (χ2n) is 7.51. The maximum atomic E-state index is 13.3. The molecule has 0 aliphatic carbocycles. The van der Waals surface area contributed by atoms with Crippen LogP contribution in [0.5, 0.6) is 11.6 Å². The predicted octanol–water partition coefficient (Wildman–Crippen LogP) is 5.10. The molecule has 0 radical (unpaired) electrons. The first kappa shape index (κ1) is 23.2. The van der Waals surface area contributed by atoms with E-state index in [0.29, 0.717) is 16.4 Å². The highest BCUT2D eigenvalue weighted by Crippen LogP contribution is 2.29. The molecule has 0 saturated carbocycles. The van der Waals surface area contributed by atoms with E-state index < -0.39 is 20.3 Å². The first-order valence-corrected chi connectivity index (χ1v) is 12.0. The Bertz CT molecular complexity index is 1650. The van der Waals surface area contributed by atoms with E-state index in [0.717, 1.165) is 17.2 Å². The zero-order valence-corrected chi connectivity index (χ0v) is 19.8. The number of aromatic nitrogens is 2. The molecule has 0 amide bonds. The Morgan fingerprint density at radius 3 is 2.53 bits per heavy atom. The molecule has 0 N–H and O–H groups in total. The number of allylic oxidation sites excluding steroid dienone is 1. The van der Waals surface area contributed by atoms with Crippen LogP contribution in [0.2, 0.25) is 5.02 Å². The number of aryl methyl sites for hydroxylation is 2. The van der Waals surface area contributed by atoms with Gasteiger partial charge in [-0.15, -0.1) is 0 Å². The molecule has 0 saturated heterocycles. The van der Waals surface area contributed by atoms with Gasteiger partial charge in [0.05, 0.1) is 4.90 Å². The summed E-state index contributed by atoms with van der Waals surface area (Å²) >= 11 is 6.09. The SMILES string of the molecule is Cc1ccc(S(=O)(=O)/C(C#N)=C/c2c(Oc3ccc(Cl)c(C)c3)nc3ccccn3c2=O)cc1. The molecule has 4 aromatic rings. The second-order valence-corrected chi connectivity index (χ2v) is 9.84. The fourth-order valence-corrected chi connectivity index (χ4v) is 4.48. The van der Waals surface area contributed by atoms with Crippen molar-refractivity contribution in [1.82, 2.24) is 9.38 Å². The molecule has 2 aromatic carbocycles. The molecule has 2 aromatic heterocycles. The summed E-state index contributed by atoms with van der Waals surface area (Å²) in [6.45, 7) is 3.61. The van der Waals surface area contributed by atoms with Gasteiger partial charge in [0.2, 0.25) is 15.7 Å². The Morgan fingerprint density at radius 1 is 1.12 bits per heavy atom. The molecule has 170 valence electrons. The molecule has 4 rings (SSSR count). The maximum Gasteiger partial charge on any atom is 0.269 e. The highest BCUT2D eigenvalue weighted by Gasteiger charge is 2.23. The number of sulfone groups is 1. The lowest BCUT2D eigenvalue weighted by molar-refractivity contribution is 0.460. The maximum absolute atomic E-state index is 13.3. The number of nitrogens with zero attached hydrogens (tertiary/aromatic N) is 3. The van der Waals surface area contributed by atoms with Gasteiger partial charge >= 0.3 is 0 Å². The van der Waals surface area contributed by atoms with Gasteiger partial charge in [0.15, 0.2) is 0 Å². The molecule has 0 fully saturated rings. The molecular formula is C25H18ClN3O4S. The van der Waals surface area contributed by atoms with E-state index in [-0.39, 0.29) is 16.3 Å². The topological polar surface area (TPSA) is 102 Å². The number of nitriles is 1. The van der Waals surface area contributed by atoms with E-state index in [4.69, 9.17) is 16.3 Å². The summed E-state index contributed by atoms with van der Waals surface area (Å²) in [6.07, 6.45) is 2.50. The zero-order chi connectivity index (χ0) is 24.5. The Labute approximate surface area is 201 Å². The van der Waals surface area contributed by atoms with Crippen molar-refractivity contribution in [3.05, 3.63) is 104 Å². The summed E-state index contributed by atoms with van der Waals surface area (Å²) in [4.78, 5) is 17.0. The molecule has 2 heterocycles. The van der Waals surface area contributed by atoms with Crippen LogP contribution in [0.1, 0.15) is 16.7 Å². The molecule has 0 unspecified atom stereocenters. The quantitative estimate of drug-likeness (QED) is 0.360. The molecule has 0 spiro atoms. The fourth-order valence-electron chi connectivity index (χ4n) is 3.22. The standard InChI is InChI=1S/C25H18ClN3O4S/c1-16-6-9-19(10-7-16)34(31,32)20(15-27)14-21-24(33-18-8-11-22(26)17(2)13-18)28-23-5-3-4-12-29(23)25(21)30/h3-14H,1-2H3/b20-14+. The second kappa shape index (κ2) is 9.14. The minimum atomic E-state index is -4.19. The van der Waals surface area contributed by atoms with Crippen molar-refractivity contribution < 1.29 is 13.2 Å². The summed E-state index contributed by atoms with van der Waals surface area (Å²) < 4.78 is 33.4. The van der Waals surface area contributed by atoms with Crippen molar-refractivity contribution in [1.29, 1.82) is 5.26 Å². The van der Waals surface area contributed by atoms with Crippen molar-refractivity contribution in [3.8, 4) is 17.7 Å². The third-order valence-electron chi connectivity index (χ3n) is 5.08. The summed E-state index contributed by atoms with van der Waals surface area (Å²) in [5.41, 5.74) is 1.15. The number of rotatable bonds is 5. The van der Waals surface area contributed by atoms with Crippen molar-refractivity contribution in [2.45, 2.75) is 18.7 Å². The first-order valence-electron chi connectivity index (χ1n) is 10.1. The number of fused-ring (bicyclic) bond motifs is 1. The van der Waals surface area contributed by atoms with Crippen LogP contribution in [0.15, 0.2) is 81.5 Å². The van der Waals surface area contributed by atoms with Crippen LogP contribution in [-0.4, -0.2) is 17.8 Å².